The van der Waals surface area contributed by atoms with Gasteiger partial charge in [0.25, 0.3) is 0 Å². The summed E-state index contributed by atoms with van der Waals surface area (Å²) < 4.78 is 9.71. The third-order valence-electron chi connectivity index (χ3n) is 3.68. The van der Waals surface area contributed by atoms with Gasteiger partial charge in [0.15, 0.2) is 5.96 Å². The fourth-order valence-corrected chi connectivity index (χ4v) is 2.23. The largest absolute Gasteiger partial charge is 0.467 e. The molecule has 10 nitrogen and oxygen atoms in total. The first-order chi connectivity index (χ1) is 13.3. The van der Waals surface area contributed by atoms with Crippen LogP contribution in [0, 0.1) is 0 Å². The normalized spacial score (nSPS) is 12.2. The average molecular weight is 393 g/mol. The third kappa shape index (κ3) is 8.88. The van der Waals surface area contributed by atoms with E-state index in [0.29, 0.717) is 13.0 Å². The molecule has 10 heteroatoms. The molecular formula is C18H27N5O5. The minimum Gasteiger partial charge on any atom is -0.467 e. The maximum absolute atomic E-state index is 12.4. The molecule has 154 valence electrons. The second kappa shape index (κ2) is 12.2. The van der Waals surface area contributed by atoms with Crippen molar-refractivity contribution in [3.05, 3.63) is 35.9 Å². The van der Waals surface area contributed by atoms with E-state index in [0.717, 1.165) is 5.56 Å². The highest BCUT2D eigenvalue weighted by molar-refractivity contribution is 5.89. The smallest absolute Gasteiger partial charge is 0.408 e. The van der Waals surface area contributed by atoms with Gasteiger partial charge in [-0.3, -0.25) is 9.79 Å². The van der Waals surface area contributed by atoms with E-state index in [1.54, 1.807) is 0 Å². The lowest BCUT2D eigenvalue weighted by Crippen LogP contribution is -2.51. The lowest BCUT2D eigenvalue weighted by atomic mass is 10.1. The number of nitrogens with one attached hydrogen (secondary N) is 2. The zero-order chi connectivity index (χ0) is 20.9. The Morgan fingerprint density at radius 3 is 2.43 bits per heavy atom. The van der Waals surface area contributed by atoms with Gasteiger partial charge >= 0.3 is 12.1 Å². The molecule has 1 aromatic carbocycles. The van der Waals surface area contributed by atoms with Crippen molar-refractivity contribution in [2.75, 3.05) is 13.7 Å². The van der Waals surface area contributed by atoms with Crippen LogP contribution in [0.4, 0.5) is 4.79 Å². The predicted octanol–water partition coefficient (Wildman–Crippen LogP) is 0.0127. The van der Waals surface area contributed by atoms with Crippen LogP contribution in [0.5, 0.6) is 0 Å². The van der Waals surface area contributed by atoms with Gasteiger partial charge in [0, 0.05) is 6.54 Å². The summed E-state index contributed by atoms with van der Waals surface area (Å²) in [6.45, 7) is 1.83. The summed E-state index contributed by atoms with van der Waals surface area (Å²) >= 11 is 0. The predicted molar refractivity (Wildman–Crippen MR) is 103 cm³/mol. The Balaban J connectivity index is 2.64. The molecule has 0 aromatic heterocycles. The third-order valence-corrected chi connectivity index (χ3v) is 3.68. The average Bonchev–Trinajstić information content (AvgIpc) is 2.68. The molecule has 0 fully saturated rings. The summed E-state index contributed by atoms with van der Waals surface area (Å²) in [6.07, 6.45) is -0.0741. The molecule has 0 radical (unpaired) electrons. The van der Waals surface area contributed by atoms with E-state index >= 15 is 0 Å². The van der Waals surface area contributed by atoms with Crippen molar-refractivity contribution in [1.29, 1.82) is 0 Å². The van der Waals surface area contributed by atoms with Crippen LogP contribution in [-0.2, 0) is 25.7 Å². The fraction of sp³-hybridized carbons (Fsp3) is 0.444. The molecule has 6 N–H and O–H groups in total. The molecule has 1 rings (SSSR count). The number of carbonyl (C=O) groups excluding carboxylic acids is 3. The van der Waals surface area contributed by atoms with Crippen LogP contribution in [0.15, 0.2) is 35.3 Å². The number of nitrogens with zero attached hydrogens (tertiary/aromatic N) is 1. The van der Waals surface area contributed by atoms with E-state index in [2.05, 4.69) is 20.4 Å². The minimum absolute atomic E-state index is 0.0597. The van der Waals surface area contributed by atoms with Crippen LogP contribution < -0.4 is 22.1 Å². The van der Waals surface area contributed by atoms with Crippen LogP contribution in [0.2, 0.25) is 0 Å². The summed E-state index contributed by atoms with van der Waals surface area (Å²) in [4.78, 5) is 39.8. The quantitative estimate of drug-likeness (QED) is 0.189. The zero-order valence-corrected chi connectivity index (χ0v) is 16.0. The molecule has 0 aliphatic carbocycles. The lowest BCUT2D eigenvalue weighted by molar-refractivity contribution is -0.144. The number of rotatable bonds is 10. The molecule has 0 bridgehead atoms. The second-order valence-electron chi connectivity index (χ2n) is 5.96. The minimum atomic E-state index is -0.926. The Hall–Kier alpha value is -3.30. The van der Waals surface area contributed by atoms with Gasteiger partial charge in [-0.1, -0.05) is 30.3 Å². The molecule has 1 aromatic rings. The van der Waals surface area contributed by atoms with Gasteiger partial charge < -0.3 is 31.6 Å². The van der Waals surface area contributed by atoms with Crippen LogP contribution in [-0.4, -0.2) is 49.7 Å². The first kappa shape index (κ1) is 22.7. The monoisotopic (exact) mass is 393 g/mol. The number of ether oxygens (including phenoxy) is 2. The van der Waals surface area contributed by atoms with Crippen molar-refractivity contribution in [3.63, 3.8) is 0 Å². The molecular weight excluding hydrogens is 366 g/mol. The highest BCUT2D eigenvalue weighted by atomic mass is 16.5. The van der Waals surface area contributed by atoms with Gasteiger partial charge in [-0.05, 0) is 25.3 Å². The first-order valence-corrected chi connectivity index (χ1v) is 8.74. The number of amides is 2. The van der Waals surface area contributed by atoms with E-state index in [1.807, 2.05) is 30.3 Å². The van der Waals surface area contributed by atoms with Crippen molar-refractivity contribution in [1.82, 2.24) is 10.6 Å². The van der Waals surface area contributed by atoms with Crippen molar-refractivity contribution in [2.24, 2.45) is 16.5 Å². The van der Waals surface area contributed by atoms with E-state index in [-0.39, 0.29) is 19.0 Å². The van der Waals surface area contributed by atoms with Crippen molar-refractivity contribution in [3.8, 4) is 0 Å². The Morgan fingerprint density at radius 2 is 1.82 bits per heavy atom. The molecule has 2 atom stereocenters. The number of carbonyl (C=O) groups is 3. The molecule has 28 heavy (non-hydrogen) atoms. The second-order valence-corrected chi connectivity index (χ2v) is 5.96. The molecule has 0 aliphatic heterocycles. The van der Waals surface area contributed by atoms with Crippen molar-refractivity contribution >= 4 is 23.9 Å². The molecule has 0 heterocycles. The Labute approximate surface area is 163 Å². The number of hydrogen-bond donors (Lipinski definition) is 4. The summed E-state index contributed by atoms with van der Waals surface area (Å²) in [5, 5.41) is 4.99. The number of guanidine groups is 1. The van der Waals surface area contributed by atoms with E-state index in [4.69, 9.17) is 16.2 Å². The molecule has 0 aliphatic rings. The molecule has 2 amide bonds. The van der Waals surface area contributed by atoms with E-state index < -0.39 is 30.1 Å². The molecule has 0 saturated heterocycles. The summed E-state index contributed by atoms with van der Waals surface area (Å²) in [7, 11) is 1.22. The fourth-order valence-electron chi connectivity index (χ4n) is 2.23. The number of methoxy groups -OCH3 is 1. The number of esters is 1. The number of nitrogens with two attached hydrogens (primary N) is 2. The summed E-state index contributed by atoms with van der Waals surface area (Å²) in [5.74, 6) is -1.20. The van der Waals surface area contributed by atoms with Crippen molar-refractivity contribution in [2.45, 2.75) is 38.5 Å². The van der Waals surface area contributed by atoms with E-state index in [9.17, 15) is 14.4 Å². The van der Waals surface area contributed by atoms with Crippen LogP contribution in [0.1, 0.15) is 25.3 Å². The number of alkyl carbamates (subject to hydrolysis) is 1. The first-order valence-electron chi connectivity index (χ1n) is 8.74. The Bertz CT molecular complexity index is 676. The molecule has 0 unspecified atom stereocenters. The van der Waals surface area contributed by atoms with Gasteiger partial charge in [0.2, 0.25) is 5.91 Å². The molecule has 0 saturated carbocycles. The standard InChI is InChI=1S/C18H27N5O5/c1-12(16(25)27-2)22-15(24)14(9-6-10-21-17(19)20)23-18(26)28-11-13-7-4-3-5-8-13/h3-5,7-8,12,14H,6,9-11H2,1-2H3,(H,22,24)(H,23,26)(H4,19,20,21)/t12-,14-/m1/s1. The zero-order valence-electron chi connectivity index (χ0n) is 16.0. The highest BCUT2D eigenvalue weighted by Crippen LogP contribution is 2.04. The summed E-state index contributed by atoms with van der Waals surface area (Å²) in [5.41, 5.74) is 11.3. The number of benzene rings is 1. The number of aliphatic imine (C=N–C) groups is 1. The van der Waals surface area contributed by atoms with Gasteiger partial charge in [0.05, 0.1) is 7.11 Å². The maximum Gasteiger partial charge on any atom is 0.408 e. The lowest BCUT2D eigenvalue weighted by Gasteiger charge is -2.20. The topological polar surface area (TPSA) is 158 Å². The maximum atomic E-state index is 12.4. The Morgan fingerprint density at radius 1 is 1.14 bits per heavy atom. The van der Waals surface area contributed by atoms with Gasteiger partial charge in [-0.15, -0.1) is 0 Å². The van der Waals surface area contributed by atoms with Gasteiger partial charge in [-0.25, -0.2) is 9.59 Å². The van der Waals surface area contributed by atoms with Crippen molar-refractivity contribution < 1.29 is 23.9 Å². The van der Waals surface area contributed by atoms with Gasteiger partial charge in [-0.2, -0.15) is 0 Å². The SMILES string of the molecule is COC(=O)[C@@H](C)NC(=O)[C@@H](CCCN=C(N)N)NC(=O)OCc1ccccc1. The van der Waals surface area contributed by atoms with Crippen LogP contribution in [0.25, 0.3) is 0 Å². The summed E-state index contributed by atoms with van der Waals surface area (Å²) in [6, 6.07) is 7.33. The molecule has 0 spiro atoms. The van der Waals surface area contributed by atoms with Gasteiger partial charge in [0.1, 0.15) is 18.7 Å². The Kier molecular flexibility index (Phi) is 9.87. The highest BCUT2D eigenvalue weighted by Gasteiger charge is 2.25. The number of hydrogen-bond acceptors (Lipinski definition) is 6. The van der Waals surface area contributed by atoms with Crippen LogP contribution >= 0.6 is 0 Å². The van der Waals surface area contributed by atoms with E-state index in [1.165, 1.54) is 14.0 Å². The van der Waals surface area contributed by atoms with Crippen LogP contribution in [0.3, 0.4) is 0 Å².